The third-order valence-corrected chi connectivity index (χ3v) is 4.62. The van der Waals surface area contributed by atoms with E-state index in [1.807, 2.05) is 0 Å². The minimum absolute atomic E-state index is 0.669. The molecule has 1 heterocycles. The van der Waals surface area contributed by atoms with Crippen LogP contribution in [0.3, 0.4) is 0 Å². The Morgan fingerprint density at radius 2 is 1.89 bits per heavy atom. The predicted octanol–water partition coefficient (Wildman–Crippen LogP) is 2.04. The van der Waals surface area contributed by atoms with Crippen LogP contribution in [-0.4, -0.2) is 62.2 Å². The average Bonchev–Trinajstić information content (AvgIpc) is 2.38. The first-order valence-electron chi connectivity index (χ1n) is 7.67. The number of rotatable bonds is 7. The lowest BCUT2D eigenvalue weighted by molar-refractivity contribution is 0.0900. The van der Waals surface area contributed by atoms with Crippen molar-refractivity contribution in [2.24, 2.45) is 5.92 Å². The Hall–Kier alpha value is -0.120. The van der Waals surface area contributed by atoms with Gasteiger partial charge in [0.05, 0.1) is 0 Å². The third kappa shape index (κ3) is 4.87. The molecule has 0 aromatic carbocycles. The monoisotopic (exact) mass is 255 g/mol. The van der Waals surface area contributed by atoms with Crippen molar-refractivity contribution in [3.05, 3.63) is 0 Å². The molecule has 1 saturated heterocycles. The lowest BCUT2D eigenvalue weighted by Gasteiger charge is -2.40. The van der Waals surface area contributed by atoms with Crippen molar-refractivity contribution in [1.82, 2.24) is 15.1 Å². The normalized spacial score (nSPS) is 22.3. The molecule has 0 aromatic rings. The molecule has 0 saturated carbocycles. The number of piperidine rings is 1. The van der Waals surface area contributed by atoms with E-state index in [4.69, 9.17) is 0 Å². The Labute approximate surface area is 114 Å². The maximum absolute atomic E-state index is 3.55. The van der Waals surface area contributed by atoms with Crippen molar-refractivity contribution < 1.29 is 0 Å². The largest absolute Gasteiger partial charge is 0.316 e. The summed E-state index contributed by atoms with van der Waals surface area (Å²) in [5, 5.41) is 3.55. The second-order valence-corrected chi connectivity index (χ2v) is 6.12. The van der Waals surface area contributed by atoms with Crippen molar-refractivity contribution in [2.45, 2.75) is 52.1 Å². The quantitative estimate of drug-likeness (QED) is 0.702. The molecule has 0 aliphatic carbocycles. The molecule has 18 heavy (non-hydrogen) atoms. The summed E-state index contributed by atoms with van der Waals surface area (Å²) in [5.41, 5.74) is 0. The van der Waals surface area contributed by atoms with E-state index >= 15 is 0 Å². The van der Waals surface area contributed by atoms with Crippen molar-refractivity contribution in [3.63, 3.8) is 0 Å². The van der Waals surface area contributed by atoms with Gasteiger partial charge in [-0.2, -0.15) is 0 Å². The Morgan fingerprint density at radius 1 is 1.28 bits per heavy atom. The van der Waals surface area contributed by atoms with Crippen molar-refractivity contribution in [1.29, 1.82) is 0 Å². The summed E-state index contributed by atoms with van der Waals surface area (Å²) in [6.45, 7) is 11.8. The zero-order chi connectivity index (χ0) is 13.5. The van der Waals surface area contributed by atoms with Crippen LogP contribution in [0, 0.1) is 5.92 Å². The second-order valence-electron chi connectivity index (χ2n) is 6.12. The summed E-state index contributed by atoms with van der Waals surface area (Å²) in [5.74, 6) is 0.723. The molecule has 108 valence electrons. The van der Waals surface area contributed by atoms with Crippen LogP contribution in [0.1, 0.15) is 40.0 Å². The molecule has 2 unspecified atom stereocenters. The Bertz CT molecular complexity index is 212. The number of nitrogens with zero attached hydrogens (tertiary/aromatic N) is 2. The van der Waals surface area contributed by atoms with Gasteiger partial charge in [-0.1, -0.05) is 13.8 Å². The molecule has 0 aromatic heterocycles. The summed E-state index contributed by atoms with van der Waals surface area (Å²) in [6.07, 6.45) is 3.88. The van der Waals surface area contributed by atoms with Gasteiger partial charge in [0.25, 0.3) is 0 Å². The summed E-state index contributed by atoms with van der Waals surface area (Å²) >= 11 is 0. The van der Waals surface area contributed by atoms with Crippen LogP contribution < -0.4 is 5.32 Å². The second kappa shape index (κ2) is 8.13. The number of likely N-dealkylation sites (tertiary alicyclic amines) is 1. The van der Waals surface area contributed by atoms with Gasteiger partial charge in [-0.3, -0.25) is 0 Å². The predicted molar refractivity (Wildman–Crippen MR) is 80.1 cm³/mol. The molecule has 1 aliphatic heterocycles. The number of hydrogen-bond acceptors (Lipinski definition) is 3. The first kappa shape index (κ1) is 15.9. The Balaban J connectivity index is 2.32. The standard InChI is InChI=1S/C15H33N3/c1-6-9-16-12-13(2)14(3)18(5)15-7-10-17(4)11-8-15/h13-16H,6-12H2,1-5H3. The van der Waals surface area contributed by atoms with Crippen LogP contribution >= 0.6 is 0 Å². The third-order valence-electron chi connectivity index (χ3n) is 4.62. The smallest absolute Gasteiger partial charge is 0.0119 e. The maximum atomic E-state index is 3.55. The SMILES string of the molecule is CCCNCC(C)C(C)N(C)C1CCN(C)CC1. The van der Waals surface area contributed by atoms with Crippen molar-refractivity contribution >= 4 is 0 Å². The highest BCUT2D eigenvalue weighted by Crippen LogP contribution is 2.19. The van der Waals surface area contributed by atoms with E-state index in [0.717, 1.165) is 25.0 Å². The van der Waals surface area contributed by atoms with Gasteiger partial charge in [-0.05, 0) is 72.4 Å². The van der Waals surface area contributed by atoms with Crippen molar-refractivity contribution in [2.75, 3.05) is 40.3 Å². The van der Waals surface area contributed by atoms with Gasteiger partial charge >= 0.3 is 0 Å². The van der Waals surface area contributed by atoms with Gasteiger partial charge in [-0.25, -0.2) is 0 Å². The highest BCUT2D eigenvalue weighted by molar-refractivity contribution is 4.82. The fraction of sp³-hybridized carbons (Fsp3) is 1.00. The van der Waals surface area contributed by atoms with E-state index in [0.29, 0.717) is 6.04 Å². The van der Waals surface area contributed by atoms with Crippen LogP contribution in [0.25, 0.3) is 0 Å². The summed E-state index contributed by atoms with van der Waals surface area (Å²) in [4.78, 5) is 5.06. The Kier molecular flexibility index (Phi) is 7.20. The zero-order valence-corrected chi connectivity index (χ0v) is 13.1. The Morgan fingerprint density at radius 3 is 2.44 bits per heavy atom. The fourth-order valence-electron chi connectivity index (χ4n) is 2.81. The van der Waals surface area contributed by atoms with Gasteiger partial charge in [0.1, 0.15) is 0 Å². The first-order chi connectivity index (χ1) is 8.56. The number of hydrogen-bond donors (Lipinski definition) is 1. The lowest BCUT2D eigenvalue weighted by Crippen LogP contribution is -2.48. The highest BCUT2D eigenvalue weighted by atomic mass is 15.2. The molecule has 1 fully saturated rings. The van der Waals surface area contributed by atoms with Gasteiger partial charge in [0, 0.05) is 12.1 Å². The number of nitrogens with one attached hydrogen (secondary N) is 1. The maximum Gasteiger partial charge on any atom is 0.0119 e. The van der Waals surface area contributed by atoms with E-state index in [1.54, 1.807) is 0 Å². The minimum Gasteiger partial charge on any atom is -0.316 e. The fourth-order valence-corrected chi connectivity index (χ4v) is 2.81. The van der Waals surface area contributed by atoms with Crippen molar-refractivity contribution in [3.8, 4) is 0 Å². The molecule has 0 radical (unpaired) electrons. The molecule has 1 N–H and O–H groups in total. The topological polar surface area (TPSA) is 18.5 Å². The van der Waals surface area contributed by atoms with Crippen LogP contribution in [0.5, 0.6) is 0 Å². The molecule has 0 amide bonds. The minimum atomic E-state index is 0.669. The highest BCUT2D eigenvalue weighted by Gasteiger charge is 2.26. The van der Waals surface area contributed by atoms with Crippen LogP contribution in [0.2, 0.25) is 0 Å². The van der Waals surface area contributed by atoms with Crippen LogP contribution in [0.4, 0.5) is 0 Å². The zero-order valence-electron chi connectivity index (χ0n) is 13.1. The van der Waals surface area contributed by atoms with E-state index in [9.17, 15) is 0 Å². The average molecular weight is 255 g/mol. The van der Waals surface area contributed by atoms with Gasteiger partial charge in [-0.15, -0.1) is 0 Å². The van der Waals surface area contributed by atoms with Gasteiger partial charge in [0.2, 0.25) is 0 Å². The molecule has 3 nitrogen and oxygen atoms in total. The summed E-state index contributed by atoms with van der Waals surface area (Å²) < 4.78 is 0. The van der Waals surface area contributed by atoms with Gasteiger partial charge in [0.15, 0.2) is 0 Å². The summed E-state index contributed by atoms with van der Waals surface area (Å²) in [7, 11) is 4.55. The van der Waals surface area contributed by atoms with Gasteiger partial charge < -0.3 is 15.1 Å². The van der Waals surface area contributed by atoms with Crippen LogP contribution in [0.15, 0.2) is 0 Å². The van der Waals surface area contributed by atoms with E-state index < -0.39 is 0 Å². The molecule has 1 rings (SSSR count). The van der Waals surface area contributed by atoms with E-state index in [2.05, 4.69) is 50.0 Å². The van der Waals surface area contributed by atoms with E-state index in [-0.39, 0.29) is 0 Å². The first-order valence-corrected chi connectivity index (χ1v) is 7.67. The lowest BCUT2D eigenvalue weighted by atomic mass is 9.97. The molecular formula is C15H33N3. The van der Waals surface area contributed by atoms with Crippen LogP contribution in [-0.2, 0) is 0 Å². The molecule has 0 bridgehead atoms. The molecule has 1 aliphatic rings. The molecule has 0 spiro atoms. The summed E-state index contributed by atoms with van der Waals surface area (Å²) in [6, 6.07) is 1.45. The molecule has 2 atom stereocenters. The van der Waals surface area contributed by atoms with E-state index in [1.165, 1.54) is 32.4 Å². The molecular weight excluding hydrogens is 222 g/mol. The molecule has 3 heteroatoms.